The van der Waals surface area contributed by atoms with Crippen molar-refractivity contribution in [2.24, 2.45) is 0 Å². The summed E-state index contributed by atoms with van der Waals surface area (Å²) >= 11 is 0. The maximum Gasteiger partial charge on any atom is 0.317 e. The zero-order valence-corrected chi connectivity index (χ0v) is 6.16. The first-order chi connectivity index (χ1) is 5.29. The predicted molar refractivity (Wildman–Crippen MR) is 42.3 cm³/mol. The Morgan fingerprint density at radius 2 is 2.45 bits per heavy atom. The Kier molecular flexibility index (Phi) is 2.86. The first kappa shape index (κ1) is 8.01. The summed E-state index contributed by atoms with van der Waals surface area (Å²) in [4.78, 5) is 10.1. The van der Waals surface area contributed by atoms with Crippen molar-refractivity contribution in [3.8, 4) is 0 Å². The SMILES string of the molecule is O=C(O)CNC1C=CC=CC1. The lowest BCUT2D eigenvalue weighted by Gasteiger charge is -2.12. The zero-order chi connectivity index (χ0) is 8.10. The van der Waals surface area contributed by atoms with Crippen LogP contribution in [0.2, 0.25) is 0 Å². The number of hydrogen-bond donors (Lipinski definition) is 2. The average Bonchev–Trinajstić information content (AvgIpc) is 2.03. The first-order valence-corrected chi connectivity index (χ1v) is 3.57. The van der Waals surface area contributed by atoms with Crippen molar-refractivity contribution in [2.45, 2.75) is 12.5 Å². The molecule has 0 aromatic carbocycles. The van der Waals surface area contributed by atoms with Gasteiger partial charge >= 0.3 is 5.97 Å². The maximum atomic E-state index is 10.1. The number of aliphatic carboxylic acids is 1. The van der Waals surface area contributed by atoms with Gasteiger partial charge in [-0.25, -0.2) is 0 Å². The molecule has 2 N–H and O–H groups in total. The van der Waals surface area contributed by atoms with Crippen molar-refractivity contribution in [2.75, 3.05) is 6.54 Å². The number of carbonyl (C=O) groups is 1. The molecule has 1 unspecified atom stereocenters. The minimum atomic E-state index is -0.812. The molecule has 0 radical (unpaired) electrons. The van der Waals surface area contributed by atoms with E-state index in [0.29, 0.717) is 0 Å². The highest BCUT2D eigenvalue weighted by Gasteiger charge is 2.05. The van der Waals surface area contributed by atoms with Crippen LogP contribution in [0.15, 0.2) is 24.3 Å². The summed E-state index contributed by atoms with van der Waals surface area (Å²) in [5.74, 6) is -0.812. The van der Waals surface area contributed by atoms with Crippen molar-refractivity contribution >= 4 is 5.97 Å². The highest BCUT2D eigenvalue weighted by molar-refractivity contribution is 5.69. The molecule has 0 fully saturated rings. The van der Waals surface area contributed by atoms with Gasteiger partial charge < -0.3 is 10.4 Å². The molecule has 0 saturated heterocycles. The van der Waals surface area contributed by atoms with Gasteiger partial charge in [-0.05, 0) is 6.42 Å². The topological polar surface area (TPSA) is 49.3 Å². The lowest BCUT2D eigenvalue weighted by Crippen LogP contribution is -2.32. The van der Waals surface area contributed by atoms with Gasteiger partial charge in [0.2, 0.25) is 0 Å². The third kappa shape index (κ3) is 3.00. The normalized spacial score (nSPS) is 22.0. The van der Waals surface area contributed by atoms with Crippen LogP contribution in [-0.2, 0) is 4.79 Å². The number of hydrogen-bond acceptors (Lipinski definition) is 2. The third-order valence-corrected chi connectivity index (χ3v) is 1.50. The van der Waals surface area contributed by atoms with Crippen LogP contribution in [0.5, 0.6) is 0 Å². The number of carboxylic acid groups (broad SMARTS) is 1. The van der Waals surface area contributed by atoms with Crippen LogP contribution in [0.4, 0.5) is 0 Å². The smallest absolute Gasteiger partial charge is 0.317 e. The molecule has 1 atom stereocenters. The summed E-state index contributed by atoms with van der Waals surface area (Å²) in [7, 11) is 0. The van der Waals surface area contributed by atoms with E-state index in [2.05, 4.69) is 5.32 Å². The standard InChI is InChI=1S/C8H11NO2/c10-8(11)6-9-7-4-2-1-3-5-7/h1-4,7,9H,5-6H2,(H,10,11). The van der Waals surface area contributed by atoms with Crippen LogP contribution in [-0.4, -0.2) is 23.7 Å². The lowest BCUT2D eigenvalue weighted by atomic mass is 10.1. The molecule has 60 valence electrons. The quantitative estimate of drug-likeness (QED) is 0.622. The van der Waals surface area contributed by atoms with Gasteiger partial charge in [-0.2, -0.15) is 0 Å². The molecule has 3 nitrogen and oxygen atoms in total. The summed E-state index contributed by atoms with van der Waals surface area (Å²) in [6.45, 7) is 0.0306. The van der Waals surface area contributed by atoms with E-state index >= 15 is 0 Å². The van der Waals surface area contributed by atoms with Gasteiger partial charge in [0.15, 0.2) is 0 Å². The fourth-order valence-electron chi connectivity index (χ4n) is 0.950. The van der Waals surface area contributed by atoms with E-state index in [4.69, 9.17) is 5.11 Å². The second kappa shape index (κ2) is 3.93. The van der Waals surface area contributed by atoms with Gasteiger partial charge in [0.05, 0.1) is 6.54 Å². The molecule has 11 heavy (non-hydrogen) atoms. The molecule has 0 amide bonds. The molecule has 1 rings (SSSR count). The Morgan fingerprint density at radius 1 is 1.64 bits per heavy atom. The van der Waals surface area contributed by atoms with Crippen molar-refractivity contribution in [3.05, 3.63) is 24.3 Å². The van der Waals surface area contributed by atoms with Crippen molar-refractivity contribution in [3.63, 3.8) is 0 Å². The highest BCUT2D eigenvalue weighted by Crippen LogP contribution is 2.01. The van der Waals surface area contributed by atoms with Crippen LogP contribution in [0.1, 0.15) is 6.42 Å². The van der Waals surface area contributed by atoms with Gasteiger partial charge in [0.25, 0.3) is 0 Å². The van der Waals surface area contributed by atoms with E-state index in [9.17, 15) is 4.79 Å². The van der Waals surface area contributed by atoms with Crippen LogP contribution < -0.4 is 5.32 Å². The molecule has 0 spiro atoms. The molecule has 0 bridgehead atoms. The second-order valence-electron chi connectivity index (χ2n) is 2.43. The Balaban J connectivity index is 2.22. The fourth-order valence-corrected chi connectivity index (χ4v) is 0.950. The van der Waals surface area contributed by atoms with E-state index in [0.717, 1.165) is 6.42 Å². The molecule has 0 aromatic rings. The van der Waals surface area contributed by atoms with Crippen LogP contribution >= 0.6 is 0 Å². The van der Waals surface area contributed by atoms with E-state index in [1.54, 1.807) is 0 Å². The predicted octanol–water partition coefficient (Wildman–Crippen LogP) is 0.545. The van der Waals surface area contributed by atoms with Gasteiger partial charge in [0.1, 0.15) is 0 Å². The van der Waals surface area contributed by atoms with Crippen molar-refractivity contribution < 1.29 is 9.90 Å². The third-order valence-electron chi connectivity index (χ3n) is 1.50. The minimum absolute atomic E-state index is 0.0306. The first-order valence-electron chi connectivity index (χ1n) is 3.57. The van der Waals surface area contributed by atoms with E-state index in [-0.39, 0.29) is 12.6 Å². The van der Waals surface area contributed by atoms with Gasteiger partial charge in [-0.3, -0.25) is 4.79 Å². The lowest BCUT2D eigenvalue weighted by molar-refractivity contribution is -0.136. The summed E-state index contributed by atoms with van der Waals surface area (Å²) in [5, 5.41) is 11.2. The Bertz CT molecular complexity index is 196. The number of carboxylic acids is 1. The molecule has 0 saturated carbocycles. The molecular formula is C8H11NO2. The van der Waals surface area contributed by atoms with Crippen molar-refractivity contribution in [1.82, 2.24) is 5.32 Å². The number of rotatable bonds is 3. The number of allylic oxidation sites excluding steroid dienone is 2. The van der Waals surface area contributed by atoms with Gasteiger partial charge in [-0.1, -0.05) is 24.3 Å². The molecule has 3 heteroatoms. The Hall–Kier alpha value is -1.09. The summed E-state index contributed by atoms with van der Waals surface area (Å²) < 4.78 is 0. The van der Waals surface area contributed by atoms with Gasteiger partial charge in [-0.15, -0.1) is 0 Å². The molecule has 0 aliphatic heterocycles. The zero-order valence-electron chi connectivity index (χ0n) is 6.16. The Labute approximate surface area is 65.4 Å². The second-order valence-corrected chi connectivity index (χ2v) is 2.43. The molecule has 1 aliphatic carbocycles. The van der Waals surface area contributed by atoms with E-state index in [1.807, 2.05) is 24.3 Å². The van der Waals surface area contributed by atoms with Crippen molar-refractivity contribution in [1.29, 1.82) is 0 Å². The molecular weight excluding hydrogens is 142 g/mol. The summed E-state index contributed by atoms with van der Waals surface area (Å²) in [6.07, 6.45) is 8.73. The molecule has 0 aromatic heterocycles. The van der Waals surface area contributed by atoms with E-state index in [1.165, 1.54) is 0 Å². The summed E-state index contributed by atoms with van der Waals surface area (Å²) in [6, 6.07) is 0.191. The Morgan fingerprint density at radius 3 is 3.00 bits per heavy atom. The molecule has 0 heterocycles. The summed E-state index contributed by atoms with van der Waals surface area (Å²) in [5.41, 5.74) is 0. The van der Waals surface area contributed by atoms with Crippen LogP contribution in [0.3, 0.4) is 0 Å². The minimum Gasteiger partial charge on any atom is -0.480 e. The van der Waals surface area contributed by atoms with Gasteiger partial charge in [0, 0.05) is 6.04 Å². The highest BCUT2D eigenvalue weighted by atomic mass is 16.4. The van der Waals surface area contributed by atoms with Crippen LogP contribution in [0.25, 0.3) is 0 Å². The molecule has 1 aliphatic rings. The number of nitrogens with one attached hydrogen (secondary N) is 1. The van der Waals surface area contributed by atoms with Crippen LogP contribution in [0, 0.1) is 0 Å². The fraction of sp³-hybridized carbons (Fsp3) is 0.375. The maximum absolute atomic E-state index is 10.1. The van der Waals surface area contributed by atoms with E-state index < -0.39 is 5.97 Å². The average molecular weight is 153 g/mol. The largest absolute Gasteiger partial charge is 0.480 e. The monoisotopic (exact) mass is 153 g/mol.